The quantitative estimate of drug-likeness (QED) is 0.523. The average Bonchev–Trinajstić information content (AvgIpc) is 3.17. The lowest BCUT2D eigenvalue weighted by Crippen LogP contribution is -2.04. The van der Waals surface area contributed by atoms with E-state index in [1.165, 1.54) is 0 Å². The number of hydrogen-bond acceptors (Lipinski definition) is 7. The van der Waals surface area contributed by atoms with Gasteiger partial charge in [-0.2, -0.15) is 0 Å². The van der Waals surface area contributed by atoms with Gasteiger partial charge in [0.1, 0.15) is 5.69 Å². The van der Waals surface area contributed by atoms with E-state index in [4.69, 9.17) is 22.1 Å². The van der Waals surface area contributed by atoms with E-state index in [9.17, 15) is 0 Å². The molecule has 0 unspecified atom stereocenters. The second-order valence-corrected chi connectivity index (χ2v) is 6.74. The molecule has 0 bridgehead atoms. The van der Waals surface area contributed by atoms with Crippen LogP contribution in [-0.4, -0.2) is 37.1 Å². The molecule has 3 aromatic heterocycles. The standard InChI is InChI=1S/C20H18ClN7O/c1-29-12-14-6-4-5-13(23-14)10-28-11-19(26-27-28)18-9-17(24-20(22)25-18)15-7-2-3-8-16(15)21/h2-9,11H,10,12H2,1H3,(H2,22,24,25). The molecule has 0 radical (unpaired) electrons. The van der Waals surface area contributed by atoms with Crippen LogP contribution >= 0.6 is 11.6 Å². The summed E-state index contributed by atoms with van der Waals surface area (Å²) in [6.45, 7) is 0.934. The van der Waals surface area contributed by atoms with Gasteiger partial charge in [-0.05, 0) is 24.3 Å². The summed E-state index contributed by atoms with van der Waals surface area (Å²) < 4.78 is 6.83. The Balaban J connectivity index is 1.61. The van der Waals surface area contributed by atoms with Gasteiger partial charge in [0.05, 0.1) is 42.1 Å². The van der Waals surface area contributed by atoms with Crippen molar-refractivity contribution in [2.24, 2.45) is 0 Å². The summed E-state index contributed by atoms with van der Waals surface area (Å²) >= 11 is 6.29. The Hall–Kier alpha value is -3.36. The molecule has 0 amide bonds. The zero-order valence-electron chi connectivity index (χ0n) is 15.7. The Kier molecular flexibility index (Phi) is 5.46. The molecule has 146 valence electrons. The summed E-state index contributed by atoms with van der Waals surface area (Å²) in [5.41, 5.74) is 10.2. The zero-order chi connectivity index (χ0) is 20.2. The highest BCUT2D eigenvalue weighted by atomic mass is 35.5. The fraction of sp³-hybridized carbons (Fsp3) is 0.150. The predicted molar refractivity (Wildman–Crippen MR) is 110 cm³/mol. The third-order valence-electron chi connectivity index (χ3n) is 4.17. The molecular formula is C20H18ClN7O. The molecule has 3 heterocycles. The van der Waals surface area contributed by atoms with Crippen LogP contribution in [0.4, 0.5) is 5.95 Å². The van der Waals surface area contributed by atoms with Crippen molar-refractivity contribution in [1.82, 2.24) is 29.9 Å². The fourth-order valence-corrected chi connectivity index (χ4v) is 3.14. The monoisotopic (exact) mass is 407 g/mol. The van der Waals surface area contributed by atoms with Crippen LogP contribution in [0.1, 0.15) is 11.4 Å². The number of nitrogens with two attached hydrogens (primary N) is 1. The van der Waals surface area contributed by atoms with E-state index < -0.39 is 0 Å². The van der Waals surface area contributed by atoms with Crippen LogP contribution < -0.4 is 5.73 Å². The highest BCUT2D eigenvalue weighted by molar-refractivity contribution is 6.33. The number of halogens is 1. The first kappa shape index (κ1) is 19.0. The number of anilines is 1. The van der Waals surface area contributed by atoms with E-state index in [0.29, 0.717) is 35.3 Å². The Morgan fingerprint density at radius 1 is 0.966 bits per heavy atom. The summed E-state index contributed by atoms with van der Waals surface area (Å²) in [6.07, 6.45) is 1.79. The van der Waals surface area contributed by atoms with Crippen molar-refractivity contribution in [2.45, 2.75) is 13.2 Å². The van der Waals surface area contributed by atoms with E-state index in [1.807, 2.05) is 36.4 Å². The lowest BCUT2D eigenvalue weighted by atomic mass is 10.1. The van der Waals surface area contributed by atoms with Gasteiger partial charge in [0.15, 0.2) is 0 Å². The van der Waals surface area contributed by atoms with Crippen LogP contribution in [0.25, 0.3) is 22.6 Å². The molecule has 2 N–H and O–H groups in total. The molecule has 4 aromatic rings. The third-order valence-corrected chi connectivity index (χ3v) is 4.50. The molecule has 29 heavy (non-hydrogen) atoms. The summed E-state index contributed by atoms with van der Waals surface area (Å²) in [5.74, 6) is 0.140. The van der Waals surface area contributed by atoms with Gasteiger partial charge in [-0.3, -0.25) is 4.98 Å². The Bertz CT molecular complexity index is 1150. The first-order chi connectivity index (χ1) is 14.1. The van der Waals surface area contributed by atoms with Crippen molar-refractivity contribution in [1.29, 1.82) is 0 Å². The van der Waals surface area contributed by atoms with Crippen LogP contribution in [0.5, 0.6) is 0 Å². The molecule has 4 rings (SSSR count). The highest BCUT2D eigenvalue weighted by Crippen LogP contribution is 2.28. The lowest BCUT2D eigenvalue weighted by molar-refractivity contribution is 0.181. The number of nitrogen functional groups attached to an aromatic ring is 1. The SMILES string of the molecule is COCc1cccc(Cn2cc(-c3cc(-c4ccccc4Cl)nc(N)n3)nn2)n1. The second kappa shape index (κ2) is 8.34. The number of hydrogen-bond donors (Lipinski definition) is 1. The molecule has 1 aromatic carbocycles. The van der Waals surface area contributed by atoms with Gasteiger partial charge in [-0.1, -0.05) is 41.1 Å². The molecular weight excluding hydrogens is 390 g/mol. The summed E-state index contributed by atoms with van der Waals surface area (Å²) in [7, 11) is 1.64. The van der Waals surface area contributed by atoms with Gasteiger partial charge in [0.25, 0.3) is 0 Å². The molecule has 0 aliphatic heterocycles. The van der Waals surface area contributed by atoms with Gasteiger partial charge in [-0.25, -0.2) is 14.6 Å². The van der Waals surface area contributed by atoms with Crippen molar-refractivity contribution >= 4 is 17.5 Å². The molecule has 0 aliphatic carbocycles. The van der Waals surface area contributed by atoms with E-state index in [1.54, 1.807) is 30.1 Å². The zero-order valence-corrected chi connectivity index (χ0v) is 16.4. The van der Waals surface area contributed by atoms with E-state index in [0.717, 1.165) is 17.0 Å². The number of pyridine rings is 1. The molecule has 0 saturated carbocycles. The molecule has 0 atom stereocenters. The number of rotatable bonds is 6. The van der Waals surface area contributed by atoms with Gasteiger partial charge in [0.2, 0.25) is 5.95 Å². The van der Waals surface area contributed by atoms with Crippen LogP contribution in [0.15, 0.2) is 54.7 Å². The van der Waals surface area contributed by atoms with E-state index in [-0.39, 0.29) is 5.95 Å². The maximum absolute atomic E-state index is 6.29. The van der Waals surface area contributed by atoms with Crippen molar-refractivity contribution in [2.75, 3.05) is 12.8 Å². The van der Waals surface area contributed by atoms with Gasteiger partial charge in [0, 0.05) is 17.7 Å². The minimum absolute atomic E-state index is 0.140. The van der Waals surface area contributed by atoms with Crippen LogP contribution in [0, 0.1) is 0 Å². The molecule has 0 fully saturated rings. The van der Waals surface area contributed by atoms with Crippen molar-refractivity contribution in [3.63, 3.8) is 0 Å². The van der Waals surface area contributed by atoms with Gasteiger partial charge >= 0.3 is 0 Å². The maximum atomic E-state index is 6.29. The van der Waals surface area contributed by atoms with Crippen LogP contribution in [0.2, 0.25) is 5.02 Å². The largest absolute Gasteiger partial charge is 0.378 e. The first-order valence-electron chi connectivity index (χ1n) is 8.86. The Morgan fingerprint density at radius 3 is 2.59 bits per heavy atom. The smallest absolute Gasteiger partial charge is 0.221 e. The van der Waals surface area contributed by atoms with Crippen LogP contribution in [0.3, 0.4) is 0 Å². The number of aromatic nitrogens is 6. The summed E-state index contributed by atoms with van der Waals surface area (Å²) in [6, 6.07) is 15.0. The number of benzene rings is 1. The second-order valence-electron chi connectivity index (χ2n) is 6.33. The van der Waals surface area contributed by atoms with E-state index >= 15 is 0 Å². The van der Waals surface area contributed by atoms with Crippen LogP contribution in [-0.2, 0) is 17.9 Å². The predicted octanol–water partition coefficient (Wildman–Crippen LogP) is 3.23. The molecule has 0 spiro atoms. The molecule has 8 nitrogen and oxygen atoms in total. The number of ether oxygens (including phenoxy) is 1. The lowest BCUT2D eigenvalue weighted by Gasteiger charge is -2.06. The normalized spacial score (nSPS) is 11.0. The first-order valence-corrected chi connectivity index (χ1v) is 9.24. The minimum atomic E-state index is 0.140. The topological polar surface area (TPSA) is 105 Å². The fourth-order valence-electron chi connectivity index (χ4n) is 2.91. The number of nitrogens with zero attached hydrogens (tertiary/aromatic N) is 6. The third kappa shape index (κ3) is 4.39. The van der Waals surface area contributed by atoms with Crippen molar-refractivity contribution in [3.05, 3.63) is 71.1 Å². The highest BCUT2D eigenvalue weighted by Gasteiger charge is 2.12. The molecule has 9 heteroatoms. The Morgan fingerprint density at radius 2 is 1.76 bits per heavy atom. The van der Waals surface area contributed by atoms with Gasteiger partial charge in [-0.15, -0.1) is 5.10 Å². The Labute approximate surface area is 172 Å². The minimum Gasteiger partial charge on any atom is -0.378 e. The average molecular weight is 408 g/mol. The molecule has 0 saturated heterocycles. The summed E-state index contributed by atoms with van der Waals surface area (Å²) in [5, 5.41) is 8.99. The number of methoxy groups -OCH3 is 1. The van der Waals surface area contributed by atoms with Crippen molar-refractivity contribution in [3.8, 4) is 22.6 Å². The summed E-state index contributed by atoms with van der Waals surface area (Å²) in [4.78, 5) is 13.1. The van der Waals surface area contributed by atoms with E-state index in [2.05, 4.69) is 25.3 Å². The van der Waals surface area contributed by atoms with Gasteiger partial charge < -0.3 is 10.5 Å². The maximum Gasteiger partial charge on any atom is 0.221 e. The molecule has 0 aliphatic rings. The van der Waals surface area contributed by atoms with Crippen molar-refractivity contribution < 1.29 is 4.74 Å².